The van der Waals surface area contributed by atoms with Gasteiger partial charge in [0, 0.05) is 12.8 Å². The average Bonchev–Trinajstić information content (AvgIpc) is 2.23. The Kier molecular flexibility index (Phi) is 2.78. The fraction of sp³-hybridized carbons (Fsp3) is 0.556. The summed E-state index contributed by atoms with van der Waals surface area (Å²) in [5, 5.41) is 0. The van der Waals surface area contributed by atoms with E-state index in [1.165, 1.54) is 6.20 Å². The van der Waals surface area contributed by atoms with Gasteiger partial charge in [-0.3, -0.25) is 0 Å². The number of hydrogen-bond donors (Lipinski definition) is 1. The van der Waals surface area contributed by atoms with Gasteiger partial charge in [-0.15, -0.1) is 0 Å². The van der Waals surface area contributed by atoms with Crippen LogP contribution in [-0.2, 0) is 4.74 Å². The zero-order valence-electron chi connectivity index (χ0n) is 7.85. The lowest BCUT2D eigenvalue weighted by Crippen LogP contribution is -2.26. The lowest BCUT2D eigenvalue weighted by Gasteiger charge is -2.22. The Labute approximate surface area is 82.3 Å². The van der Waals surface area contributed by atoms with Crippen molar-refractivity contribution in [1.82, 2.24) is 9.97 Å². The smallest absolute Gasteiger partial charge is 0.232 e. The van der Waals surface area contributed by atoms with E-state index in [4.69, 9.17) is 15.2 Å². The van der Waals surface area contributed by atoms with E-state index in [0.29, 0.717) is 11.7 Å². The first kappa shape index (κ1) is 9.21. The number of aromatic nitrogens is 2. The van der Waals surface area contributed by atoms with E-state index in [9.17, 15) is 0 Å². The van der Waals surface area contributed by atoms with Crippen molar-refractivity contribution < 1.29 is 9.47 Å². The third-order valence-corrected chi connectivity index (χ3v) is 2.10. The van der Waals surface area contributed by atoms with Crippen molar-refractivity contribution in [3.05, 3.63) is 12.4 Å². The number of nitrogens with two attached hydrogens (primary N) is 1. The van der Waals surface area contributed by atoms with Crippen molar-refractivity contribution in [3.8, 4) is 5.88 Å². The van der Waals surface area contributed by atoms with Gasteiger partial charge in [0.1, 0.15) is 11.9 Å². The Morgan fingerprint density at radius 1 is 1.29 bits per heavy atom. The lowest BCUT2D eigenvalue weighted by atomic mass is 10.2. The normalized spacial score (nSPS) is 18.0. The van der Waals surface area contributed by atoms with Crippen molar-refractivity contribution in [2.45, 2.75) is 18.9 Å². The topological polar surface area (TPSA) is 70.3 Å². The Morgan fingerprint density at radius 3 is 2.71 bits per heavy atom. The molecule has 5 heteroatoms. The third-order valence-electron chi connectivity index (χ3n) is 2.10. The molecule has 0 atom stereocenters. The molecule has 1 aliphatic rings. The predicted octanol–water partition coefficient (Wildman–Crippen LogP) is 0.617. The predicted molar refractivity (Wildman–Crippen MR) is 50.9 cm³/mol. The molecule has 2 rings (SSSR count). The molecule has 14 heavy (non-hydrogen) atoms. The molecule has 1 fully saturated rings. The fourth-order valence-corrected chi connectivity index (χ4v) is 1.35. The molecule has 1 saturated heterocycles. The van der Waals surface area contributed by atoms with Crippen LogP contribution >= 0.6 is 0 Å². The fourth-order valence-electron chi connectivity index (χ4n) is 1.35. The van der Waals surface area contributed by atoms with Gasteiger partial charge in [0.25, 0.3) is 0 Å². The number of hydrogen-bond acceptors (Lipinski definition) is 5. The molecule has 1 aliphatic heterocycles. The second kappa shape index (κ2) is 4.23. The van der Waals surface area contributed by atoms with Gasteiger partial charge in [0.05, 0.1) is 25.6 Å². The molecule has 0 aromatic carbocycles. The first-order valence-corrected chi connectivity index (χ1v) is 4.66. The van der Waals surface area contributed by atoms with Crippen LogP contribution in [0, 0.1) is 0 Å². The quantitative estimate of drug-likeness (QED) is 0.749. The minimum Gasteiger partial charge on any atom is -0.473 e. The lowest BCUT2D eigenvalue weighted by molar-refractivity contribution is 0.0236. The van der Waals surface area contributed by atoms with Gasteiger partial charge in [0.2, 0.25) is 5.88 Å². The number of nitrogens with zero attached hydrogens (tertiary/aromatic N) is 2. The molecular weight excluding hydrogens is 182 g/mol. The largest absolute Gasteiger partial charge is 0.473 e. The van der Waals surface area contributed by atoms with E-state index in [2.05, 4.69) is 9.97 Å². The van der Waals surface area contributed by atoms with Crippen LogP contribution in [-0.4, -0.2) is 29.3 Å². The standard InChI is InChI=1S/C9H13N3O2/c10-8-5-12-9(6-11-8)14-7-1-3-13-4-2-7/h5-7H,1-4H2,(H2,10,11). The van der Waals surface area contributed by atoms with Crippen molar-refractivity contribution in [2.75, 3.05) is 18.9 Å². The highest BCUT2D eigenvalue weighted by molar-refractivity contribution is 5.24. The molecule has 2 heterocycles. The van der Waals surface area contributed by atoms with Crippen LogP contribution in [0.25, 0.3) is 0 Å². The van der Waals surface area contributed by atoms with Crippen LogP contribution in [0.4, 0.5) is 5.82 Å². The van der Waals surface area contributed by atoms with Crippen molar-refractivity contribution >= 4 is 5.82 Å². The molecule has 76 valence electrons. The first-order valence-electron chi connectivity index (χ1n) is 4.66. The molecular formula is C9H13N3O2. The Morgan fingerprint density at radius 2 is 2.07 bits per heavy atom. The molecule has 0 radical (unpaired) electrons. The van der Waals surface area contributed by atoms with E-state index in [1.807, 2.05) is 0 Å². The SMILES string of the molecule is Nc1cnc(OC2CCOCC2)cn1. The number of rotatable bonds is 2. The summed E-state index contributed by atoms with van der Waals surface area (Å²) < 4.78 is 10.8. The summed E-state index contributed by atoms with van der Waals surface area (Å²) in [7, 11) is 0. The van der Waals surface area contributed by atoms with Crippen LogP contribution in [0.5, 0.6) is 5.88 Å². The molecule has 1 aromatic heterocycles. The minimum atomic E-state index is 0.196. The second-order valence-corrected chi connectivity index (χ2v) is 3.21. The van der Waals surface area contributed by atoms with Gasteiger partial charge >= 0.3 is 0 Å². The van der Waals surface area contributed by atoms with Gasteiger partial charge in [-0.05, 0) is 0 Å². The highest BCUT2D eigenvalue weighted by Gasteiger charge is 2.15. The van der Waals surface area contributed by atoms with Gasteiger partial charge in [0.15, 0.2) is 0 Å². The summed E-state index contributed by atoms with van der Waals surface area (Å²) in [5.41, 5.74) is 5.41. The van der Waals surface area contributed by atoms with Crippen LogP contribution in [0.2, 0.25) is 0 Å². The van der Waals surface area contributed by atoms with Crippen LogP contribution < -0.4 is 10.5 Å². The zero-order chi connectivity index (χ0) is 9.80. The van der Waals surface area contributed by atoms with E-state index in [1.54, 1.807) is 6.20 Å². The van der Waals surface area contributed by atoms with E-state index >= 15 is 0 Å². The molecule has 0 aliphatic carbocycles. The highest BCUT2D eigenvalue weighted by Crippen LogP contribution is 2.14. The van der Waals surface area contributed by atoms with E-state index in [0.717, 1.165) is 26.1 Å². The Balaban J connectivity index is 1.92. The first-order chi connectivity index (χ1) is 6.84. The minimum absolute atomic E-state index is 0.196. The van der Waals surface area contributed by atoms with Crippen molar-refractivity contribution in [3.63, 3.8) is 0 Å². The Hall–Kier alpha value is -1.36. The summed E-state index contributed by atoms with van der Waals surface area (Å²) in [6, 6.07) is 0. The molecule has 0 unspecified atom stereocenters. The Bertz CT molecular complexity index is 283. The van der Waals surface area contributed by atoms with Gasteiger partial charge in [-0.1, -0.05) is 0 Å². The molecule has 0 bridgehead atoms. The van der Waals surface area contributed by atoms with Crippen molar-refractivity contribution in [2.24, 2.45) is 0 Å². The molecule has 0 spiro atoms. The summed E-state index contributed by atoms with van der Waals surface area (Å²) in [4.78, 5) is 7.93. The number of ether oxygens (including phenoxy) is 2. The van der Waals surface area contributed by atoms with Gasteiger partial charge in [-0.25, -0.2) is 9.97 Å². The molecule has 0 amide bonds. The molecule has 2 N–H and O–H groups in total. The highest BCUT2D eigenvalue weighted by atomic mass is 16.5. The summed E-state index contributed by atoms with van der Waals surface area (Å²) >= 11 is 0. The van der Waals surface area contributed by atoms with Crippen molar-refractivity contribution in [1.29, 1.82) is 0 Å². The van der Waals surface area contributed by atoms with Gasteiger partial charge < -0.3 is 15.2 Å². The number of nitrogen functional groups attached to an aromatic ring is 1. The summed E-state index contributed by atoms with van der Waals surface area (Å²) in [6.07, 6.45) is 5.05. The van der Waals surface area contributed by atoms with Crippen LogP contribution in [0.1, 0.15) is 12.8 Å². The van der Waals surface area contributed by atoms with Crippen LogP contribution in [0.3, 0.4) is 0 Å². The summed E-state index contributed by atoms with van der Waals surface area (Å²) in [6.45, 7) is 1.51. The molecule has 0 saturated carbocycles. The zero-order valence-corrected chi connectivity index (χ0v) is 7.85. The van der Waals surface area contributed by atoms with E-state index < -0.39 is 0 Å². The molecule has 5 nitrogen and oxygen atoms in total. The maximum atomic E-state index is 5.60. The molecule has 1 aromatic rings. The van der Waals surface area contributed by atoms with Gasteiger partial charge in [-0.2, -0.15) is 0 Å². The van der Waals surface area contributed by atoms with Crippen LogP contribution in [0.15, 0.2) is 12.4 Å². The maximum absolute atomic E-state index is 5.60. The second-order valence-electron chi connectivity index (χ2n) is 3.21. The summed E-state index contributed by atoms with van der Waals surface area (Å²) in [5.74, 6) is 0.940. The number of anilines is 1. The third kappa shape index (κ3) is 2.32. The average molecular weight is 195 g/mol. The maximum Gasteiger partial charge on any atom is 0.232 e. The van der Waals surface area contributed by atoms with E-state index in [-0.39, 0.29) is 6.10 Å². The monoisotopic (exact) mass is 195 g/mol.